The third-order valence-corrected chi connectivity index (χ3v) is 6.56. The largest absolute Gasteiger partial charge is 0.302 e. The van der Waals surface area contributed by atoms with Crippen molar-refractivity contribution in [3.05, 3.63) is 40.2 Å². The molecule has 138 valence electrons. The van der Waals surface area contributed by atoms with Crippen LogP contribution < -0.4 is 5.32 Å². The SMILES string of the molecule is CC(=O)Nc1ncc(CN2CCC3(CC(c4cc(C)nc(C)c4)C3)C2)s1. The number of aromatic nitrogens is 2. The average Bonchev–Trinajstić information content (AvgIpc) is 3.12. The van der Waals surface area contributed by atoms with Crippen LogP contribution in [0.2, 0.25) is 0 Å². The molecule has 0 aromatic carbocycles. The zero-order chi connectivity index (χ0) is 18.3. The first-order valence-electron chi connectivity index (χ1n) is 9.31. The van der Waals surface area contributed by atoms with E-state index in [-0.39, 0.29) is 5.91 Å². The number of aryl methyl sites for hydroxylation is 2. The van der Waals surface area contributed by atoms with E-state index >= 15 is 0 Å². The van der Waals surface area contributed by atoms with Crippen molar-refractivity contribution in [1.29, 1.82) is 0 Å². The van der Waals surface area contributed by atoms with E-state index in [1.165, 1.54) is 43.2 Å². The molecule has 1 amide bonds. The molecule has 5 nitrogen and oxygen atoms in total. The number of anilines is 1. The van der Waals surface area contributed by atoms with Crippen molar-refractivity contribution >= 4 is 22.4 Å². The lowest BCUT2D eigenvalue weighted by Gasteiger charge is -2.46. The summed E-state index contributed by atoms with van der Waals surface area (Å²) in [6.07, 6.45) is 5.79. The van der Waals surface area contributed by atoms with Crippen LogP contribution in [0.15, 0.2) is 18.3 Å². The molecule has 2 aromatic rings. The van der Waals surface area contributed by atoms with Crippen LogP contribution in [0.1, 0.15) is 53.9 Å². The topological polar surface area (TPSA) is 58.1 Å². The molecule has 0 atom stereocenters. The summed E-state index contributed by atoms with van der Waals surface area (Å²) in [4.78, 5) is 23.7. The van der Waals surface area contributed by atoms with Crippen LogP contribution in [0.3, 0.4) is 0 Å². The number of nitrogens with one attached hydrogen (secondary N) is 1. The fourth-order valence-corrected chi connectivity index (χ4v) is 5.53. The molecule has 2 aliphatic rings. The molecule has 6 heteroatoms. The quantitative estimate of drug-likeness (QED) is 0.887. The zero-order valence-corrected chi connectivity index (χ0v) is 16.5. The summed E-state index contributed by atoms with van der Waals surface area (Å²) >= 11 is 1.58. The van der Waals surface area contributed by atoms with E-state index in [9.17, 15) is 4.79 Å². The number of likely N-dealkylation sites (tertiary alicyclic amines) is 1. The predicted octanol–water partition coefficient (Wildman–Crippen LogP) is 3.88. The number of hydrogen-bond acceptors (Lipinski definition) is 5. The van der Waals surface area contributed by atoms with Crippen molar-refractivity contribution in [3.63, 3.8) is 0 Å². The Kier molecular flexibility index (Phi) is 4.57. The van der Waals surface area contributed by atoms with Crippen molar-refractivity contribution in [3.8, 4) is 0 Å². The normalized spacial score (nSPS) is 25.4. The Morgan fingerprint density at radius 3 is 2.77 bits per heavy atom. The zero-order valence-electron chi connectivity index (χ0n) is 15.7. The van der Waals surface area contributed by atoms with Gasteiger partial charge in [0.2, 0.25) is 5.91 Å². The van der Waals surface area contributed by atoms with Crippen molar-refractivity contribution in [2.24, 2.45) is 5.41 Å². The van der Waals surface area contributed by atoms with Crippen LogP contribution in [-0.4, -0.2) is 33.9 Å². The van der Waals surface area contributed by atoms with Crippen LogP contribution in [-0.2, 0) is 11.3 Å². The fraction of sp³-hybridized carbons (Fsp3) is 0.550. The Bertz CT molecular complexity index is 805. The average molecular weight is 371 g/mol. The maximum absolute atomic E-state index is 11.1. The lowest BCUT2D eigenvalue weighted by atomic mass is 9.59. The number of hydrogen-bond donors (Lipinski definition) is 1. The molecule has 1 saturated carbocycles. The Morgan fingerprint density at radius 1 is 1.35 bits per heavy atom. The highest BCUT2D eigenvalue weighted by Crippen LogP contribution is 2.56. The number of rotatable bonds is 4. The number of pyridine rings is 1. The summed E-state index contributed by atoms with van der Waals surface area (Å²) in [6, 6.07) is 4.52. The van der Waals surface area contributed by atoms with Gasteiger partial charge in [-0.2, -0.15) is 0 Å². The Hall–Kier alpha value is -1.79. The smallest absolute Gasteiger partial charge is 0.223 e. The van der Waals surface area contributed by atoms with Gasteiger partial charge < -0.3 is 5.32 Å². The van der Waals surface area contributed by atoms with Gasteiger partial charge in [-0.3, -0.25) is 14.7 Å². The van der Waals surface area contributed by atoms with Crippen LogP contribution >= 0.6 is 11.3 Å². The molecule has 0 unspecified atom stereocenters. The third kappa shape index (κ3) is 3.67. The molecule has 4 rings (SSSR count). The van der Waals surface area contributed by atoms with Gasteiger partial charge in [0.25, 0.3) is 0 Å². The second-order valence-electron chi connectivity index (χ2n) is 8.06. The summed E-state index contributed by atoms with van der Waals surface area (Å²) in [7, 11) is 0. The van der Waals surface area contributed by atoms with Gasteiger partial charge in [-0.1, -0.05) is 0 Å². The van der Waals surface area contributed by atoms with E-state index in [0.29, 0.717) is 16.5 Å². The van der Waals surface area contributed by atoms with E-state index in [0.717, 1.165) is 24.5 Å². The highest BCUT2D eigenvalue weighted by molar-refractivity contribution is 7.15. The summed E-state index contributed by atoms with van der Waals surface area (Å²) < 4.78 is 0. The molecule has 26 heavy (non-hydrogen) atoms. The van der Waals surface area contributed by atoms with E-state index in [4.69, 9.17) is 0 Å². The number of carbonyl (C=O) groups is 1. The summed E-state index contributed by atoms with van der Waals surface area (Å²) in [6.45, 7) is 8.98. The van der Waals surface area contributed by atoms with Gasteiger partial charge in [0.15, 0.2) is 5.13 Å². The standard InChI is InChI=1S/C20H26N4OS/c1-13-6-16(7-14(2)22-13)17-8-20(9-17)4-5-24(12-20)11-18-10-21-19(26-18)23-15(3)25/h6-7,10,17H,4-5,8-9,11-12H2,1-3H3,(H,21,23,25). The minimum atomic E-state index is -0.0619. The van der Waals surface area contributed by atoms with Crippen LogP contribution in [0.4, 0.5) is 5.13 Å². The van der Waals surface area contributed by atoms with E-state index in [1.54, 1.807) is 11.3 Å². The summed E-state index contributed by atoms with van der Waals surface area (Å²) in [5.41, 5.74) is 4.24. The molecule has 1 saturated heterocycles. The van der Waals surface area contributed by atoms with Gasteiger partial charge >= 0.3 is 0 Å². The molecule has 0 bridgehead atoms. The first-order valence-corrected chi connectivity index (χ1v) is 10.1. The molecule has 2 aromatic heterocycles. The second kappa shape index (κ2) is 6.74. The highest BCUT2D eigenvalue weighted by Gasteiger charge is 2.48. The van der Waals surface area contributed by atoms with Gasteiger partial charge in [0.1, 0.15) is 0 Å². The van der Waals surface area contributed by atoms with Gasteiger partial charge in [-0.25, -0.2) is 4.98 Å². The Morgan fingerprint density at radius 2 is 2.08 bits per heavy atom. The van der Waals surface area contributed by atoms with E-state index in [2.05, 4.69) is 46.2 Å². The second-order valence-corrected chi connectivity index (χ2v) is 9.18. The number of nitrogens with zero attached hydrogens (tertiary/aromatic N) is 3. The number of thiazole rings is 1. The Labute approximate surface area is 158 Å². The number of amides is 1. The van der Waals surface area contributed by atoms with Crippen LogP contribution in [0.5, 0.6) is 0 Å². The predicted molar refractivity (Wildman–Crippen MR) is 104 cm³/mol. The highest BCUT2D eigenvalue weighted by atomic mass is 32.1. The van der Waals surface area contributed by atoms with Gasteiger partial charge in [-0.15, -0.1) is 11.3 Å². The molecule has 3 heterocycles. The summed E-state index contributed by atoms with van der Waals surface area (Å²) in [5.74, 6) is 0.637. The molecule has 1 aliphatic carbocycles. The minimum Gasteiger partial charge on any atom is -0.302 e. The van der Waals surface area contributed by atoms with E-state index < -0.39 is 0 Å². The van der Waals surface area contributed by atoms with E-state index in [1.807, 2.05) is 6.20 Å². The fourth-order valence-electron chi connectivity index (χ4n) is 4.63. The first-order chi connectivity index (χ1) is 12.4. The molecule has 1 N–H and O–H groups in total. The minimum absolute atomic E-state index is 0.0619. The third-order valence-electron chi connectivity index (χ3n) is 5.67. The maximum Gasteiger partial charge on any atom is 0.223 e. The van der Waals surface area contributed by atoms with Crippen LogP contribution in [0, 0.1) is 19.3 Å². The van der Waals surface area contributed by atoms with Crippen LogP contribution in [0.25, 0.3) is 0 Å². The summed E-state index contributed by atoms with van der Waals surface area (Å²) in [5, 5.41) is 3.47. The molecular formula is C20H26N4OS. The molecule has 1 spiro atoms. The Balaban J connectivity index is 1.33. The van der Waals surface area contributed by atoms with Crippen molar-refractivity contribution in [2.45, 2.75) is 52.5 Å². The lowest BCUT2D eigenvalue weighted by molar-refractivity contribution is -0.114. The monoisotopic (exact) mass is 370 g/mol. The lowest BCUT2D eigenvalue weighted by Crippen LogP contribution is -2.38. The van der Waals surface area contributed by atoms with Gasteiger partial charge in [-0.05, 0) is 68.7 Å². The van der Waals surface area contributed by atoms with Crippen molar-refractivity contribution in [1.82, 2.24) is 14.9 Å². The van der Waals surface area contributed by atoms with Gasteiger partial charge in [0, 0.05) is 42.5 Å². The molecule has 2 fully saturated rings. The maximum atomic E-state index is 11.1. The van der Waals surface area contributed by atoms with Crippen molar-refractivity contribution in [2.75, 3.05) is 18.4 Å². The van der Waals surface area contributed by atoms with Crippen molar-refractivity contribution < 1.29 is 4.79 Å². The molecule has 0 radical (unpaired) electrons. The number of carbonyl (C=O) groups excluding carboxylic acids is 1. The molecular weight excluding hydrogens is 344 g/mol. The molecule has 1 aliphatic heterocycles. The van der Waals surface area contributed by atoms with Gasteiger partial charge in [0.05, 0.1) is 0 Å². The first kappa shape index (κ1) is 17.6.